The number of esters is 1. The van der Waals surface area contributed by atoms with Crippen molar-refractivity contribution in [3.05, 3.63) is 11.1 Å². The molecule has 152 valence electrons. The first kappa shape index (κ1) is 19.4. The van der Waals surface area contributed by atoms with E-state index in [0.717, 1.165) is 24.3 Å². The van der Waals surface area contributed by atoms with Crippen molar-refractivity contribution in [2.24, 2.45) is 22.7 Å². The van der Waals surface area contributed by atoms with Gasteiger partial charge >= 0.3 is 5.97 Å². The fourth-order valence-corrected chi connectivity index (χ4v) is 6.96. The molecule has 2 aliphatic carbocycles. The number of ether oxygens (including phenoxy) is 3. The first-order valence-electron chi connectivity index (χ1n) is 10.4. The average Bonchev–Trinajstić information content (AvgIpc) is 3.06. The molecule has 6 atom stereocenters. The quantitative estimate of drug-likeness (QED) is 0.543. The Balaban J connectivity index is 1.76. The summed E-state index contributed by atoms with van der Waals surface area (Å²) in [4.78, 5) is 15.3. The van der Waals surface area contributed by atoms with Crippen molar-refractivity contribution in [3.8, 4) is 0 Å². The van der Waals surface area contributed by atoms with Crippen molar-refractivity contribution in [1.82, 2.24) is 4.90 Å². The Morgan fingerprint density at radius 1 is 1.22 bits per heavy atom. The molecule has 3 unspecified atom stereocenters. The van der Waals surface area contributed by atoms with E-state index in [1.807, 2.05) is 0 Å². The van der Waals surface area contributed by atoms with E-state index in [2.05, 4.69) is 32.7 Å². The summed E-state index contributed by atoms with van der Waals surface area (Å²) in [5, 5.41) is 0. The summed E-state index contributed by atoms with van der Waals surface area (Å²) >= 11 is 0. The smallest absolute Gasteiger partial charge is 0.335 e. The van der Waals surface area contributed by atoms with Crippen LogP contribution in [0, 0.1) is 22.7 Å². The van der Waals surface area contributed by atoms with E-state index in [-0.39, 0.29) is 30.3 Å². The lowest BCUT2D eigenvalue weighted by Crippen LogP contribution is -2.46. The molecule has 4 rings (SSSR count). The molecule has 0 radical (unpaired) electrons. The van der Waals surface area contributed by atoms with Crippen molar-refractivity contribution in [1.29, 1.82) is 0 Å². The molecule has 4 bridgehead atoms. The van der Waals surface area contributed by atoms with Crippen molar-refractivity contribution >= 4 is 5.97 Å². The van der Waals surface area contributed by atoms with Crippen LogP contribution >= 0.6 is 0 Å². The highest BCUT2D eigenvalue weighted by Crippen LogP contribution is 2.70. The maximum Gasteiger partial charge on any atom is 0.335 e. The van der Waals surface area contributed by atoms with Gasteiger partial charge in [0.05, 0.1) is 24.8 Å². The van der Waals surface area contributed by atoms with Crippen molar-refractivity contribution in [2.75, 3.05) is 28.1 Å². The van der Waals surface area contributed by atoms with E-state index < -0.39 is 0 Å². The molecule has 3 fully saturated rings. The summed E-state index contributed by atoms with van der Waals surface area (Å²) in [5.74, 6) is 1.08. The zero-order valence-electron chi connectivity index (χ0n) is 17.7. The first-order chi connectivity index (χ1) is 12.8. The monoisotopic (exact) mass is 377 g/mol. The van der Waals surface area contributed by atoms with Gasteiger partial charge in [-0.05, 0) is 61.8 Å². The molecule has 0 amide bonds. The van der Waals surface area contributed by atoms with Gasteiger partial charge in [-0.2, -0.15) is 0 Å². The second kappa shape index (κ2) is 6.57. The summed E-state index contributed by atoms with van der Waals surface area (Å²) in [7, 11) is 5.27. The maximum atomic E-state index is 13.0. The molecule has 2 saturated carbocycles. The van der Waals surface area contributed by atoms with Gasteiger partial charge in [0.2, 0.25) is 0 Å². The summed E-state index contributed by atoms with van der Waals surface area (Å²) in [6.45, 7) is 7.61. The van der Waals surface area contributed by atoms with Gasteiger partial charge < -0.3 is 14.2 Å². The van der Waals surface area contributed by atoms with Crippen molar-refractivity contribution in [3.63, 3.8) is 0 Å². The zero-order valence-corrected chi connectivity index (χ0v) is 17.7. The Bertz CT molecular complexity index is 657. The van der Waals surface area contributed by atoms with Crippen LogP contribution in [0.1, 0.15) is 52.9 Å². The second-order valence-corrected chi connectivity index (χ2v) is 9.91. The standard InChI is InChI=1S/C22H35NO4/c1-21(2)13-7-8-22(21,3)16(9-13)15-10-14-11-17(27-12-25-5)19(23(14)4)18(15)20(24)26-6/h13-14,16-17,19H,7-12H2,1-6H3/t13?,14?,16?,17-,19+,22+/m1/s1. The number of rotatable bonds is 5. The van der Waals surface area contributed by atoms with E-state index in [1.54, 1.807) is 7.11 Å². The molecular weight excluding hydrogens is 342 g/mol. The highest BCUT2D eigenvalue weighted by molar-refractivity contribution is 5.91. The number of carbonyl (C=O) groups is 1. The van der Waals surface area contributed by atoms with E-state index in [9.17, 15) is 4.79 Å². The Morgan fingerprint density at radius 2 is 1.96 bits per heavy atom. The Hall–Kier alpha value is -0.910. The molecule has 27 heavy (non-hydrogen) atoms. The second-order valence-electron chi connectivity index (χ2n) is 9.91. The van der Waals surface area contributed by atoms with Gasteiger partial charge in [0.1, 0.15) is 6.79 Å². The molecule has 1 saturated heterocycles. The molecule has 0 aromatic carbocycles. The van der Waals surface area contributed by atoms with Crippen molar-refractivity contribution in [2.45, 2.75) is 71.1 Å². The van der Waals surface area contributed by atoms with Crippen molar-refractivity contribution < 1.29 is 19.0 Å². The molecule has 2 heterocycles. The number of fused-ring (bicyclic) bond motifs is 4. The van der Waals surface area contributed by atoms with Crippen LogP contribution in [0.5, 0.6) is 0 Å². The third kappa shape index (κ3) is 2.57. The highest BCUT2D eigenvalue weighted by Gasteiger charge is 2.63. The first-order valence-corrected chi connectivity index (χ1v) is 10.4. The van der Waals surface area contributed by atoms with Crippen LogP contribution in [0.15, 0.2) is 11.1 Å². The molecule has 0 N–H and O–H groups in total. The predicted molar refractivity (Wildman–Crippen MR) is 103 cm³/mol. The average molecular weight is 378 g/mol. The minimum atomic E-state index is -0.169. The summed E-state index contributed by atoms with van der Waals surface area (Å²) in [5.41, 5.74) is 2.85. The largest absolute Gasteiger partial charge is 0.466 e. The number of carbonyl (C=O) groups excluding carboxylic acids is 1. The lowest BCUT2D eigenvalue weighted by atomic mass is 9.63. The number of methoxy groups -OCH3 is 2. The molecule has 0 spiro atoms. The predicted octanol–water partition coefficient (Wildman–Crippen LogP) is 3.38. The maximum absolute atomic E-state index is 13.0. The molecule has 4 aliphatic rings. The SMILES string of the molecule is COCO[C@@H]1CC2CC(C3CC4CC[C@]3(C)C4(C)C)=C(C(=O)OC)[C@H]1N2C. The molecular formula is C22H35NO4. The van der Waals surface area contributed by atoms with Crippen LogP contribution in [-0.4, -0.2) is 57.1 Å². The molecule has 0 aromatic heterocycles. The number of hydrogen-bond acceptors (Lipinski definition) is 5. The zero-order chi connectivity index (χ0) is 19.6. The Morgan fingerprint density at radius 3 is 2.52 bits per heavy atom. The topological polar surface area (TPSA) is 48.0 Å². The summed E-state index contributed by atoms with van der Waals surface area (Å²) in [6, 6.07) is 0.415. The summed E-state index contributed by atoms with van der Waals surface area (Å²) in [6.07, 6.45) is 5.71. The fraction of sp³-hybridized carbons (Fsp3) is 0.864. The summed E-state index contributed by atoms with van der Waals surface area (Å²) < 4.78 is 16.4. The lowest BCUT2D eigenvalue weighted by Gasteiger charge is -2.44. The number of hydrogen-bond donors (Lipinski definition) is 0. The molecule has 2 aliphatic heterocycles. The van der Waals surface area contributed by atoms with Crippen LogP contribution in [0.25, 0.3) is 0 Å². The van der Waals surface area contributed by atoms with Gasteiger partial charge in [0, 0.05) is 13.2 Å². The van der Waals surface area contributed by atoms with Crippen LogP contribution in [0.2, 0.25) is 0 Å². The van der Waals surface area contributed by atoms with Gasteiger partial charge in [-0.1, -0.05) is 26.3 Å². The van der Waals surface area contributed by atoms with Crippen LogP contribution in [0.4, 0.5) is 0 Å². The van der Waals surface area contributed by atoms with Crippen LogP contribution in [-0.2, 0) is 19.0 Å². The molecule has 5 nitrogen and oxygen atoms in total. The van der Waals surface area contributed by atoms with Crippen LogP contribution in [0.3, 0.4) is 0 Å². The van der Waals surface area contributed by atoms with Crippen LogP contribution < -0.4 is 0 Å². The molecule has 5 heteroatoms. The third-order valence-electron chi connectivity index (χ3n) is 8.99. The lowest BCUT2D eigenvalue weighted by molar-refractivity contribution is -0.138. The van der Waals surface area contributed by atoms with Gasteiger partial charge in [-0.25, -0.2) is 4.79 Å². The van der Waals surface area contributed by atoms with Gasteiger partial charge in [0.15, 0.2) is 0 Å². The minimum Gasteiger partial charge on any atom is -0.466 e. The van der Waals surface area contributed by atoms with E-state index in [1.165, 1.54) is 31.9 Å². The molecule has 0 aromatic rings. The van der Waals surface area contributed by atoms with Gasteiger partial charge in [0.25, 0.3) is 0 Å². The minimum absolute atomic E-state index is 0.00837. The number of nitrogens with zero attached hydrogens (tertiary/aromatic N) is 1. The Kier molecular flexibility index (Phi) is 4.72. The van der Waals surface area contributed by atoms with E-state index in [0.29, 0.717) is 17.4 Å². The van der Waals surface area contributed by atoms with Gasteiger partial charge in [-0.15, -0.1) is 0 Å². The van der Waals surface area contributed by atoms with Gasteiger partial charge in [-0.3, -0.25) is 4.90 Å². The third-order valence-corrected chi connectivity index (χ3v) is 8.99. The van der Waals surface area contributed by atoms with E-state index >= 15 is 0 Å². The highest BCUT2D eigenvalue weighted by atomic mass is 16.7. The fourth-order valence-electron chi connectivity index (χ4n) is 6.96. The van der Waals surface area contributed by atoms with E-state index in [4.69, 9.17) is 14.2 Å². The number of likely N-dealkylation sites (N-methyl/N-ethyl adjacent to an activating group) is 1. The Labute approximate surface area is 163 Å². The normalized spacial score (nSPS) is 42.8.